The predicted molar refractivity (Wildman–Crippen MR) is 94.1 cm³/mol. The van der Waals surface area contributed by atoms with Crippen LogP contribution in [0.4, 0.5) is 18.3 Å². The maximum atomic E-state index is 12.7. The number of anilines is 1. The van der Waals surface area contributed by atoms with Crippen LogP contribution in [0.2, 0.25) is 0 Å². The van der Waals surface area contributed by atoms with Gasteiger partial charge in [-0.25, -0.2) is 9.86 Å². The summed E-state index contributed by atoms with van der Waals surface area (Å²) in [5.74, 6) is -2.07. The minimum atomic E-state index is -5.08. The zero-order valence-electron chi connectivity index (χ0n) is 15.6. The van der Waals surface area contributed by atoms with Crippen molar-refractivity contribution in [1.82, 2.24) is 15.3 Å². The Hall–Kier alpha value is -1.99. The summed E-state index contributed by atoms with van der Waals surface area (Å²) in [6.07, 6.45) is -4.16. The van der Waals surface area contributed by atoms with E-state index < -0.39 is 12.1 Å². The van der Waals surface area contributed by atoms with Gasteiger partial charge in [-0.15, -0.1) is 10.2 Å². The number of carbonyl (C=O) groups excluding carboxylic acids is 1. The lowest BCUT2D eigenvalue weighted by molar-refractivity contribution is -0.192. The molecule has 0 aromatic carbocycles. The van der Waals surface area contributed by atoms with Crippen LogP contribution in [-0.4, -0.2) is 77.9 Å². The van der Waals surface area contributed by atoms with Crippen LogP contribution < -0.4 is 4.90 Å². The van der Waals surface area contributed by atoms with Gasteiger partial charge in [0.25, 0.3) is 5.91 Å². The van der Waals surface area contributed by atoms with Crippen molar-refractivity contribution in [3.05, 3.63) is 5.01 Å². The summed E-state index contributed by atoms with van der Waals surface area (Å²) in [4.78, 5) is 29.2. The van der Waals surface area contributed by atoms with E-state index in [2.05, 4.69) is 15.1 Å². The summed E-state index contributed by atoms with van der Waals surface area (Å²) >= 11 is 1.61. The van der Waals surface area contributed by atoms with Gasteiger partial charge in [0.1, 0.15) is 5.01 Å². The lowest BCUT2D eigenvalue weighted by Crippen LogP contribution is -2.45. The van der Waals surface area contributed by atoms with Crippen LogP contribution >= 0.6 is 11.3 Å². The molecule has 1 aromatic rings. The summed E-state index contributed by atoms with van der Waals surface area (Å²) in [5, 5.41) is 18.9. The number of hydrogen-bond acceptors (Lipinski definition) is 8. The Morgan fingerprint density at radius 2 is 1.97 bits per heavy atom. The van der Waals surface area contributed by atoms with Crippen molar-refractivity contribution in [3.8, 4) is 0 Å². The molecule has 1 amide bonds. The highest BCUT2D eigenvalue weighted by atomic mass is 32.1. The van der Waals surface area contributed by atoms with E-state index in [0.717, 1.165) is 36.3 Å². The van der Waals surface area contributed by atoms with Crippen molar-refractivity contribution < 1.29 is 37.4 Å². The molecule has 162 valence electrons. The molecule has 29 heavy (non-hydrogen) atoms. The van der Waals surface area contributed by atoms with Crippen LogP contribution in [0.3, 0.4) is 0 Å². The SMILES string of the molecule is Cc1nnc(N2C[C@@H]3COC[C@H](C(=O)N4CCCO4)[C@@H]3C2)s1.O=C(O)C(F)(F)F. The monoisotopic (exact) mass is 438 g/mol. The Morgan fingerprint density at radius 1 is 1.24 bits per heavy atom. The summed E-state index contributed by atoms with van der Waals surface area (Å²) in [5.41, 5.74) is 0. The Balaban J connectivity index is 0.000000298. The Bertz CT molecular complexity index is 740. The zero-order chi connectivity index (χ0) is 21.2. The molecule has 0 bridgehead atoms. The fourth-order valence-electron chi connectivity index (χ4n) is 3.63. The highest BCUT2D eigenvalue weighted by Gasteiger charge is 2.46. The van der Waals surface area contributed by atoms with Gasteiger partial charge in [0.15, 0.2) is 0 Å². The van der Waals surface area contributed by atoms with Gasteiger partial charge in [-0.2, -0.15) is 13.2 Å². The average Bonchev–Trinajstić information content (AvgIpc) is 3.40. The number of carboxylic acids is 1. The smallest absolute Gasteiger partial charge is 0.475 e. The molecule has 3 aliphatic rings. The number of amides is 1. The molecule has 0 saturated carbocycles. The molecule has 3 atom stereocenters. The number of aliphatic carboxylic acids is 1. The van der Waals surface area contributed by atoms with Gasteiger partial charge in [0.2, 0.25) is 5.13 Å². The average molecular weight is 438 g/mol. The van der Waals surface area contributed by atoms with Crippen LogP contribution in [0, 0.1) is 24.7 Å². The van der Waals surface area contributed by atoms with Crippen molar-refractivity contribution in [2.24, 2.45) is 17.8 Å². The second-order valence-corrected chi connectivity index (χ2v) is 8.17. The molecule has 3 aliphatic heterocycles. The molecular formula is C16H21F3N4O5S. The third kappa shape index (κ3) is 5.14. The molecule has 1 N–H and O–H groups in total. The molecule has 1 aromatic heterocycles. The van der Waals surface area contributed by atoms with Crippen LogP contribution in [-0.2, 0) is 19.2 Å². The molecular weight excluding hydrogens is 417 g/mol. The quantitative estimate of drug-likeness (QED) is 0.738. The topological polar surface area (TPSA) is 105 Å². The number of alkyl halides is 3. The molecule has 3 fully saturated rings. The number of halogens is 3. The minimum absolute atomic E-state index is 0.0856. The first-order valence-electron chi connectivity index (χ1n) is 9.04. The summed E-state index contributed by atoms with van der Waals surface area (Å²) in [7, 11) is 0. The van der Waals surface area contributed by atoms with Gasteiger partial charge in [-0.3, -0.25) is 9.63 Å². The van der Waals surface area contributed by atoms with Gasteiger partial charge in [-0.05, 0) is 19.3 Å². The summed E-state index contributed by atoms with van der Waals surface area (Å²) < 4.78 is 37.4. The maximum Gasteiger partial charge on any atom is 0.490 e. The Labute approximate surface area is 168 Å². The number of hydroxylamine groups is 2. The molecule has 0 radical (unpaired) electrons. The van der Waals surface area contributed by atoms with Crippen molar-refractivity contribution in [2.45, 2.75) is 19.5 Å². The maximum absolute atomic E-state index is 12.7. The van der Waals surface area contributed by atoms with E-state index in [-0.39, 0.29) is 11.8 Å². The number of carboxylic acid groups (broad SMARTS) is 1. The first kappa shape index (κ1) is 21.7. The number of aryl methyl sites for hydroxylation is 1. The number of ether oxygens (including phenoxy) is 1. The second kappa shape index (κ2) is 8.79. The van der Waals surface area contributed by atoms with Crippen molar-refractivity contribution in [3.63, 3.8) is 0 Å². The molecule has 0 unspecified atom stereocenters. The highest BCUT2D eigenvalue weighted by molar-refractivity contribution is 7.15. The van der Waals surface area contributed by atoms with E-state index >= 15 is 0 Å². The molecule has 9 nitrogen and oxygen atoms in total. The van der Waals surface area contributed by atoms with Crippen molar-refractivity contribution >= 4 is 28.3 Å². The van der Waals surface area contributed by atoms with E-state index in [1.807, 2.05) is 6.92 Å². The molecule has 13 heteroatoms. The third-order valence-electron chi connectivity index (χ3n) is 4.98. The first-order chi connectivity index (χ1) is 13.7. The molecule has 0 spiro atoms. The first-order valence-corrected chi connectivity index (χ1v) is 9.85. The Kier molecular flexibility index (Phi) is 6.58. The Morgan fingerprint density at radius 3 is 2.52 bits per heavy atom. The van der Waals surface area contributed by atoms with Crippen LogP contribution in [0.15, 0.2) is 0 Å². The van der Waals surface area contributed by atoms with Gasteiger partial charge < -0.3 is 14.7 Å². The lowest BCUT2D eigenvalue weighted by atomic mass is 9.82. The number of fused-ring (bicyclic) bond motifs is 1. The van der Waals surface area contributed by atoms with Crippen molar-refractivity contribution in [2.75, 3.05) is 44.4 Å². The van der Waals surface area contributed by atoms with Crippen molar-refractivity contribution in [1.29, 1.82) is 0 Å². The fraction of sp³-hybridized carbons (Fsp3) is 0.750. The number of hydrogen-bond donors (Lipinski definition) is 1. The number of carbonyl (C=O) groups is 2. The van der Waals surface area contributed by atoms with E-state index in [4.69, 9.17) is 19.5 Å². The lowest BCUT2D eigenvalue weighted by Gasteiger charge is -2.33. The number of aromatic nitrogens is 2. The van der Waals surface area contributed by atoms with E-state index in [1.54, 1.807) is 11.3 Å². The molecule has 4 heterocycles. The van der Waals surface area contributed by atoms with E-state index in [1.165, 1.54) is 5.06 Å². The van der Waals surface area contributed by atoms with Gasteiger partial charge in [0.05, 0.1) is 32.3 Å². The fourth-order valence-corrected chi connectivity index (χ4v) is 4.34. The zero-order valence-corrected chi connectivity index (χ0v) is 16.4. The standard InChI is InChI=1S/C14H20N4O3S.C2HF3O2/c1-9-15-16-14(22-9)17-5-10-7-20-8-12(11(10)6-17)13(19)18-3-2-4-21-18;3-2(4,5)1(6)7/h10-12H,2-8H2,1H3;(H,6,7)/t10-,11-,12+;/m1./s1. The van der Waals surface area contributed by atoms with Crippen LogP contribution in [0.25, 0.3) is 0 Å². The van der Waals surface area contributed by atoms with Gasteiger partial charge >= 0.3 is 12.1 Å². The second-order valence-electron chi connectivity index (χ2n) is 7.01. The summed E-state index contributed by atoms with van der Waals surface area (Å²) in [6.45, 7) is 6.28. The molecule has 0 aliphatic carbocycles. The highest BCUT2D eigenvalue weighted by Crippen LogP contribution is 2.38. The molecule has 3 saturated heterocycles. The largest absolute Gasteiger partial charge is 0.490 e. The van der Waals surface area contributed by atoms with Gasteiger partial charge in [0, 0.05) is 19.0 Å². The number of nitrogens with zero attached hydrogens (tertiary/aromatic N) is 4. The number of rotatable bonds is 2. The van der Waals surface area contributed by atoms with E-state index in [0.29, 0.717) is 31.6 Å². The van der Waals surface area contributed by atoms with Crippen LogP contribution in [0.5, 0.6) is 0 Å². The van der Waals surface area contributed by atoms with Crippen LogP contribution in [0.1, 0.15) is 11.4 Å². The summed E-state index contributed by atoms with van der Waals surface area (Å²) in [6, 6.07) is 0. The third-order valence-corrected chi connectivity index (χ3v) is 5.88. The van der Waals surface area contributed by atoms with Gasteiger partial charge in [-0.1, -0.05) is 11.3 Å². The predicted octanol–water partition coefficient (Wildman–Crippen LogP) is 1.34. The molecule has 4 rings (SSSR count). The van der Waals surface area contributed by atoms with E-state index in [9.17, 15) is 18.0 Å². The minimum Gasteiger partial charge on any atom is -0.475 e. The normalized spacial score (nSPS) is 26.7.